The Bertz CT molecular complexity index is 1070. The lowest BCUT2D eigenvalue weighted by Crippen LogP contribution is -2.25. The maximum Gasteiger partial charge on any atom is 0.418 e. The lowest BCUT2D eigenvalue weighted by Gasteiger charge is -2.16. The molecule has 0 fully saturated rings. The zero-order valence-corrected chi connectivity index (χ0v) is 15.1. The third-order valence-electron chi connectivity index (χ3n) is 4.29. The van der Waals surface area contributed by atoms with E-state index in [1.807, 2.05) is 31.3 Å². The number of hydrogen-bond acceptors (Lipinski definition) is 3. The van der Waals surface area contributed by atoms with E-state index in [-0.39, 0.29) is 5.69 Å². The number of hydrogen-bond donors (Lipinski definition) is 2. The van der Waals surface area contributed by atoms with Crippen LogP contribution < -0.4 is 5.43 Å². The van der Waals surface area contributed by atoms with Crippen molar-refractivity contribution >= 4 is 39.2 Å². The molecule has 4 rings (SSSR count). The van der Waals surface area contributed by atoms with Crippen LogP contribution in [0.15, 0.2) is 58.8 Å². The molecule has 0 aliphatic carbocycles. The predicted molar refractivity (Wildman–Crippen MR) is 104 cm³/mol. The summed E-state index contributed by atoms with van der Waals surface area (Å²) in [5.41, 5.74) is 5.87. The summed E-state index contributed by atoms with van der Waals surface area (Å²) >= 11 is 1.32. The van der Waals surface area contributed by atoms with Crippen molar-refractivity contribution in [2.75, 3.05) is 5.75 Å². The number of benzene rings is 2. The number of nitrogens with zero attached hydrogens (tertiary/aromatic N) is 2. The number of rotatable bonds is 2. The van der Waals surface area contributed by atoms with Gasteiger partial charge < -0.3 is 4.98 Å². The Balaban J connectivity index is 1.64. The number of thioether (sulfide) groups is 1. The molecule has 1 aliphatic heterocycles. The molecule has 2 N–H and O–H groups in total. The smallest absolute Gasteiger partial charge is 0.360 e. The van der Waals surface area contributed by atoms with Crippen molar-refractivity contribution in [1.82, 2.24) is 10.4 Å². The van der Waals surface area contributed by atoms with E-state index >= 15 is 0 Å². The van der Waals surface area contributed by atoms with E-state index in [1.54, 1.807) is 0 Å². The summed E-state index contributed by atoms with van der Waals surface area (Å²) in [5, 5.41) is 5.78. The van der Waals surface area contributed by atoms with Crippen molar-refractivity contribution in [3.05, 3.63) is 65.4 Å². The van der Waals surface area contributed by atoms with Gasteiger partial charge in [0, 0.05) is 28.4 Å². The van der Waals surface area contributed by atoms with Crippen molar-refractivity contribution in [2.45, 2.75) is 13.1 Å². The average Bonchev–Trinajstić information content (AvgIpc) is 3.07. The number of H-pyrrole nitrogens is 1. The molecule has 27 heavy (non-hydrogen) atoms. The second-order valence-corrected chi connectivity index (χ2v) is 7.05. The molecule has 0 amide bonds. The highest BCUT2D eigenvalue weighted by Gasteiger charge is 2.33. The standard InChI is InChI=1S/C19H15F3N4S/c1-11-5-4-8-15-17(11)12(9-23-15)16-10-27-18(26-25-16)24-14-7-3-2-6-13(14)19(20,21)22/h2-9,23H,10H2,1H3,(H,24,26). The van der Waals surface area contributed by atoms with Crippen LogP contribution in [-0.4, -0.2) is 21.6 Å². The highest BCUT2D eigenvalue weighted by atomic mass is 32.2. The van der Waals surface area contributed by atoms with Gasteiger partial charge in [0.1, 0.15) is 0 Å². The van der Waals surface area contributed by atoms with Crippen LogP contribution in [0.2, 0.25) is 0 Å². The summed E-state index contributed by atoms with van der Waals surface area (Å²) in [4.78, 5) is 7.34. The van der Waals surface area contributed by atoms with Crippen LogP contribution in [0.5, 0.6) is 0 Å². The van der Waals surface area contributed by atoms with Gasteiger partial charge in [0.15, 0.2) is 5.17 Å². The van der Waals surface area contributed by atoms with Gasteiger partial charge in [-0.25, -0.2) is 4.99 Å². The quantitative estimate of drug-likeness (QED) is 0.632. The molecule has 0 unspecified atom stereocenters. The summed E-state index contributed by atoms with van der Waals surface area (Å²) < 4.78 is 39.3. The van der Waals surface area contributed by atoms with Gasteiger partial charge in [-0.2, -0.15) is 18.3 Å². The van der Waals surface area contributed by atoms with Crippen molar-refractivity contribution in [2.24, 2.45) is 10.1 Å². The Hall–Kier alpha value is -2.74. The van der Waals surface area contributed by atoms with Crippen LogP contribution in [0.4, 0.5) is 18.9 Å². The van der Waals surface area contributed by atoms with Crippen LogP contribution in [0.3, 0.4) is 0 Å². The maximum absolute atomic E-state index is 13.1. The molecule has 0 saturated heterocycles. The number of hydrazone groups is 1. The van der Waals surface area contributed by atoms with Gasteiger partial charge in [-0.1, -0.05) is 36.0 Å². The number of aryl methyl sites for hydroxylation is 1. The zero-order valence-electron chi connectivity index (χ0n) is 14.3. The number of para-hydroxylation sites is 1. The molecule has 0 bridgehead atoms. The number of aromatic amines is 1. The number of halogens is 3. The van der Waals surface area contributed by atoms with Crippen LogP contribution in [0.25, 0.3) is 10.9 Å². The van der Waals surface area contributed by atoms with Gasteiger partial charge in [0.05, 0.1) is 17.0 Å². The topological polar surface area (TPSA) is 52.5 Å². The van der Waals surface area contributed by atoms with Gasteiger partial charge in [0.25, 0.3) is 0 Å². The number of aliphatic imine (C=N–C) groups is 1. The molecule has 0 spiro atoms. The van der Waals surface area contributed by atoms with E-state index in [0.29, 0.717) is 10.9 Å². The number of alkyl halides is 3. The van der Waals surface area contributed by atoms with Crippen molar-refractivity contribution in [1.29, 1.82) is 0 Å². The average molecular weight is 388 g/mol. The van der Waals surface area contributed by atoms with Crippen molar-refractivity contribution < 1.29 is 13.2 Å². The van der Waals surface area contributed by atoms with Gasteiger partial charge in [-0.15, -0.1) is 0 Å². The minimum Gasteiger partial charge on any atom is -0.360 e. The van der Waals surface area contributed by atoms with E-state index in [9.17, 15) is 13.2 Å². The summed E-state index contributed by atoms with van der Waals surface area (Å²) in [6.45, 7) is 2.03. The normalized spacial score (nSPS) is 16.4. The third kappa shape index (κ3) is 3.44. The monoisotopic (exact) mass is 388 g/mol. The molecule has 3 aromatic rings. The molecule has 2 heterocycles. The molecule has 8 heteroatoms. The molecule has 2 aromatic carbocycles. The largest absolute Gasteiger partial charge is 0.418 e. The Morgan fingerprint density at radius 1 is 1.11 bits per heavy atom. The Morgan fingerprint density at radius 2 is 1.93 bits per heavy atom. The zero-order chi connectivity index (χ0) is 19.0. The Kier molecular flexibility index (Phi) is 4.43. The Labute approximate surface area is 157 Å². The van der Waals surface area contributed by atoms with Gasteiger partial charge >= 0.3 is 6.18 Å². The lowest BCUT2D eigenvalue weighted by molar-refractivity contribution is -0.137. The number of nitrogens with one attached hydrogen (secondary N) is 2. The molecular weight excluding hydrogens is 373 g/mol. The van der Waals surface area contributed by atoms with Crippen molar-refractivity contribution in [3.8, 4) is 0 Å². The number of aromatic nitrogens is 1. The molecule has 0 atom stereocenters. The summed E-state index contributed by atoms with van der Waals surface area (Å²) in [5.74, 6) is 0.515. The van der Waals surface area contributed by atoms with Crippen LogP contribution in [0.1, 0.15) is 16.7 Å². The molecular formula is C19H15F3N4S. The highest BCUT2D eigenvalue weighted by Crippen LogP contribution is 2.36. The van der Waals surface area contributed by atoms with Crippen LogP contribution in [-0.2, 0) is 6.18 Å². The maximum atomic E-state index is 13.1. The van der Waals surface area contributed by atoms with E-state index in [1.165, 1.54) is 30.0 Å². The molecule has 1 aliphatic rings. The summed E-state index contributed by atoms with van der Waals surface area (Å²) in [7, 11) is 0. The van der Waals surface area contributed by atoms with E-state index in [0.717, 1.165) is 33.8 Å². The second-order valence-electron chi connectivity index (χ2n) is 6.09. The minimum atomic E-state index is -4.45. The molecule has 1 aromatic heterocycles. The minimum absolute atomic E-state index is 0.124. The first-order chi connectivity index (χ1) is 12.9. The number of fused-ring (bicyclic) bond motifs is 1. The fourth-order valence-electron chi connectivity index (χ4n) is 3.03. The Morgan fingerprint density at radius 3 is 2.67 bits per heavy atom. The SMILES string of the molecule is Cc1cccc2[nH]cc(C3=NNC(=Nc4ccccc4C(F)(F)F)SC3)c12. The van der Waals surface area contributed by atoms with Crippen LogP contribution >= 0.6 is 11.8 Å². The molecule has 138 valence electrons. The summed E-state index contributed by atoms with van der Waals surface area (Å²) in [6, 6.07) is 11.3. The second kappa shape index (κ2) is 6.77. The first-order valence-corrected chi connectivity index (χ1v) is 9.19. The lowest BCUT2D eigenvalue weighted by atomic mass is 10.1. The third-order valence-corrected chi connectivity index (χ3v) is 5.16. The molecule has 0 saturated carbocycles. The molecule has 0 radical (unpaired) electrons. The first kappa shape index (κ1) is 17.7. The van der Waals surface area contributed by atoms with Gasteiger partial charge in [-0.3, -0.25) is 5.43 Å². The predicted octanol–water partition coefficient (Wildman–Crippen LogP) is 5.22. The fourth-order valence-corrected chi connectivity index (χ4v) is 3.79. The van der Waals surface area contributed by atoms with E-state index in [2.05, 4.69) is 20.5 Å². The fraction of sp³-hybridized carbons (Fsp3) is 0.158. The summed E-state index contributed by atoms with van der Waals surface area (Å²) in [6.07, 6.45) is -2.55. The van der Waals surface area contributed by atoms with Crippen molar-refractivity contribution in [3.63, 3.8) is 0 Å². The number of amidine groups is 1. The van der Waals surface area contributed by atoms with E-state index < -0.39 is 11.7 Å². The first-order valence-electron chi connectivity index (χ1n) is 8.21. The van der Waals surface area contributed by atoms with Gasteiger partial charge in [-0.05, 0) is 30.7 Å². The highest BCUT2D eigenvalue weighted by molar-refractivity contribution is 8.14. The van der Waals surface area contributed by atoms with Crippen LogP contribution in [0, 0.1) is 6.92 Å². The van der Waals surface area contributed by atoms with Gasteiger partial charge in [0.2, 0.25) is 0 Å². The molecule has 4 nitrogen and oxygen atoms in total. The van der Waals surface area contributed by atoms with E-state index in [4.69, 9.17) is 0 Å².